The third-order valence-electron chi connectivity index (χ3n) is 3.80. The number of amides is 1. The van der Waals surface area contributed by atoms with E-state index < -0.39 is 0 Å². The maximum Gasteiger partial charge on any atom is 0.253 e. The molecule has 124 valence electrons. The second kappa shape index (κ2) is 8.14. The summed E-state index contributed by atoms with van der Waals surface area (Å²) in [5.74, 6) is 0.0288. The van der Waals surface area contributed by atoms with Gasteiger partial charge in [-0.3, -0.25) is 4.79 Å². The van der Waals surface area contributed by atoms with Crippen LogP contribution in [0.1, 0.15) is 24.2 Å². The molecule has 0 heterocycles. The minimum absolute atomic E-state index is 0. The molecule has 0 aliphatic rings. The van der Waals surface area contributed by atoms with Crippen LogP contribution in [0, 0.1) is 5.41 Å². The Morgan fingerprint density at radius 1 is 1.00 bits per heavy atom. The van der Waals surface area contributed by atoms with Gasteiger partial charge in [0.25, 0.3) is 5.91 Å². The van der Waals surface area contributed by atoms with Crippen molar-refractivity contribution in [2.24, 2.45) is 11.1 Å². The van der Waals surface area contributed by atoms with E-state index in [0.29, 0.717) is 18.7 Å². The lowest BCUT2D eigenvalue weighted by molar-refractivity contribution is 0.0740. The van der Waals surface area contributed by atoms with Crippen LogP contribution in [-0.2, 0) is 0 Å². The number of nitrogens with two attached hydrogens (primary N) is 1. The van der Waals surface area contributed by atoms with Crippen molar-refractivity contribution < 1.29 is 4.79 Å². The van der Waals surface area contributed by atoms with E-state index in [1.165, 1.54) is 0 Å². The molecule has 23 heavy (non-hydrogen) atoms. The minimum Gasteiger partial charge on any atom is -0.341 e. The summed E-state index contributed by atoms with van der Waals surface area (Å²) in [5.41, 5.74) is 8.63. The van der Waals surface area contributed by atoms with Crippen LogP contribution in [-0.4, -0.2) is 30.9 Å². The fourth-order valence-corrected chi connectivity index (χ4v) is 2.43. The predicted molar refractivity (Wildman–Crippen MR) is 98.9 cm³/mol. The standard InChI is InChI=1S/C19H24N2O.ClH/c1-19(2,13-20)14-21(3)18(22)17-11-9-16(10-12-17)15-7-5-4-6-8-15;/h4-12H,13-14,20H2,1-3H3;1H. The summed E-state index contributed by atoms with van der Waals surface area (Å²) in [6.07, 6.45) is 0. The number of halogens is 1. The summed E-state index contributed by atoms with van der Waals surface area (Å²) in [6, 6.07) is 17.9. The third kappa shape index (κ3) is 5.08. The van der Waals surface area contributed by atoms with Crippen molar-refractivity contribution in [3.8, 4) is 11.1 Å². The molecule has 0 aromatic heterocycles. The monoisotopic (exact) mass is 332 g/mol. The number of carbonyl (C=O) groups excluding carboxylic acids is 1. The molecule has 2 rings (SSSR count). The van der Waals surface area contributed by atoms with Crippen LogP contribution in [0.4, 0.5) is 0 Å². The second-order valence-corrected chi connectivity index (χ2v) is 6.47. The summed E-state index contributed by atoms with van der Waals surface area (Å²) in [4.78, 5) is 14.2. The Labute approximate surface area is 144 Å². The van der Waals surface area contributed by atoms with E-state index in [2.05, 4.69) is 26.0 Å². The third-order valence-corrected chi connectivity index (χ3v) is 3.80. The summed E-state index contributed by atoms with van der Waals surface area (Å²) >= 11 is 0. The van der Waals surface area contributed by atoms with Gasteiger partial charge in [-0.05, 0) is 35.2 Å². The molecule has 0 aliphatic heterocycles. The van der Waals surface area contributed by atoms with Gasteiger partial charge in [0, 0.05) is 19.2 Å². The zero-order valence-corrected chi connectivity index (χ0v) is 14.8. The van der Waals surface area contributed by atoms with Gasteiger partial charge in [-0.25, -0.2) is 0 Å². The molecule has 2 N–H and O–H groups in total. The van der Waals surface area contributed by atoms with Crippen molar-refractivity contribution in [3.05, 3.63) is 60.2 Å². The molecule has 3 nitrogen and oxygen atoms in total. The normalized spacial score (nSPS) is 10.8. The van der Waals surface area contributed by atoms with Gasteiger partial charge in [-0.2, -0.15) is 0 Å². The molecule has 0 bridgehead atoms. The Morgan fingerprint density at radius 2 is 1.52 bits per heavy atom. The van der Waals surface area contributed by atoms with Gasteiger partial charge in [-0.15, -0.1) is 12.4 Å². The molecular formula is C19H25ClN2O. The van der Waals surface area contributed by atoms with Crippen molar-refractivity contribution in [2.75, 3.05) is 20.1 Å². The molecule has 2 aromatic carbocycles. The van der Waals surface area contributed by atoms with E-state index in [4.69, 9.17) is 5.73 Å². The van der Waals surface area contributed by atoms with Gasteiger partial charge in [0.05, 0.1) is 0 Å². The highest BCUT2D eigenvalue weighted by Crippen LogP contribution is 2.20. The molecule has 2 aromatic rings. The average molecular weight is 333 g/mol. The molecule has 0 radical (unpaired) electrons. The molecule has 0 unspecified atom stereocenters. The molecule has 0 spiro atoms. The maximum absolute atomic E-state index is 12.5. The summed E-state index contributed by atoms with van der Waals surface area (Å²) < 4.78 is 0. The topological polar surface area (TPSA) is 46.3 Å². The van der Waals surface area contributed by atoms with E-state index in [-0.39, 0.29) is 23.7 Å². The van der Waals surface area contributed by atoms with Gasteiger partial charge >= 0.3 is 0 Å². The van der Waals surface area contributed by atoms with Crippen LogP contribution in [0.5, 0.6) is 0 Å². The van der Waals surface area contributed by atoms with E-state index in [0.717, 1.165) is 11.1 Å². The van der Waals surface area contributed by atoms with E-state index in [9.17, 15) is 4.79 Å². The fourth-order valence-electron chi connectivity index (χ4n) is 2.43. The van der Waals surface area contributed by atoms with Crippen LogP contribution in [0.2, 0.25) is 0 Å². The Hall–Kier alpha value is -1.84. The lowest BCUT2D eigenvalue weighted by Crippen LogP contribution is -2.39. The first-order chi connectivity index (χ1) is 10.4. The van der Waals surface area contributed by atoms with Crippen molar-refractivity contribution in [1.29, 1.82) is 0 Å². The summed E-state index contributed by atoms with van der Waals surface area (Å²) in [7, 11) is 1.82. The molecule has 0 saturated heterocycles. The maximum atomic E-state index is 12.5. The molecule has 0 saturated carbocycles. The van der Waals surface area contributed by atoms with E-state index in [1.807, 2.05) is 49.5 Å². The molecule has 1 amide bonds. The summed E-state index contributed by atoms with van der Waals surface area (Å²) in [5, 5.41) is 0. The predicted octanol–water partition coefficient (Wildman–Crippen LogP) is 3.83. The van der Waals surface area contributed by atoms with Crippen molar-refractivity contribution >= 4 is 18.3 Å². The number of nitrogens with zero attached hydrogens (tertiary/aromatic N) is 1. The number of carbonyl (C=O) groups is 1. The first-order valence-electron chi connectivity index (χ1n) is 7.54. The highest BCUT2D eigenvalue weighted by atomic mass is 35.5. The molecule has 0 fully saturated rings. The minimum atomic E-state index is -0.0750. The fraction of sp³-hybridized carbons (Fsp3) is 0.316. The van der Waals surface area contributed by atoms with Gasteiger partial charge in [0.1, 0.15) is 0 Å². The quantitative estimate of drug-likeness (QED) is 0.904. The first-order valence-corrected chi connectivity index (χ1v) is 7.54. The van der Waals surface area contributed by atoms with Gasteiger partial charge in [0.2, 0.25) is 0 Å². The van der Waals surface area contributed by atoms with E-state index >= 15 is 0 Å². The lowest BCUT2D eigenvalue weighted by Gasteiger charge is -2.29. The first kappa shape index (κ1) is 19.2. The Bertz CT molecular complexity index is 624. The molecule has 4 heteroatoms. The second-order valence-electron chi connectivity index (χ2n) is 6.47. The number of benzene rings is 2. The zero-order valence-electron chi connectivity index (χ0n) is 14.0. The zero-order chi connectivity index (χ0) is 16.2. The number of hydrogen-bond acceptors (Lipinski definition) is 2. The van der Waals surface area contributed by atoms with Gasteiger partial charge < -0.3 is 10.6 Å². The largest absolute Gasteiger partial charge is 0.341 e. The molecule has 0 atom stereocenters. The molecule has 0 aliphatic carbocycles. The van der Waals surface area contributed by atoms with Crippen LogP contribution in [0.15, 0.2) is 54.6 Å². The number of hydrogen-bond donors (Lipinski definition) is 1. The highest BCUT2D eigenvalue weighted by molar-refractivity contribution is 5.94. The van der Waals surface area contributed by atoms with Crippen LogP contribution in [0.25, 0.3) is 11.1 Å². The average Bonchev–Trinajstić information content (AvgIpc) is 2.55. The Morgan fingerprint density at radius 3 is 2.04 bits per heavy atom. The van der Waals surface area contributed by atoms with Crippen LogP contribution < -0.4 is 5.73 Å². The van der Waals surface area contributed by atoms with Crippen molar-refractivity contribution in [2.45, 2.75) is 13.8 Å². The van der Waals surface area contributed by atoms with Crippen molar-refractivity contribution in [1.82, 2.24) is 4.90 Å². The Balaban J connectivity index is 0.00000264. The highest BCUT2D eigenvalue weighted by Gasteiger charge is 2.21. The van der Waals surface area contributed by atoms with E-state index in [1.54, 1.807) is 4.90 Å². The Kier molecular flexibility index (Phi) is 6.79. The van der Waals surface area contributed by atoms with Gasteiger partial charge in [-0.1, -0.05) is 56.3 Å². The number of rotatable bonds is 5. The SMILES string of the molecule is CN(CC(C)(C)CN)C(=O)c1ccc(-c2ccccc2)cc1.Cl. The summed E-state index contributed by atoms with van der Waals surface area (Å²) in [6.45, 7) is 5.32. The molecular weight excluding hydrogens is 308 g/mol. The van der Waals surface area contributed by atoms with Gasteiger partial charge in [0.15, 0.2) is 0 Å². The smallest absolute Gasteiger partial charge is 0.253 e. The van der Waals surface area contributed by atoms with Crippen molar-refractivity contribution in [3.63, 3.8) is 0 Å². The van der Waals surface area contributed by atoms with Crippen LogP contribution >= 0.6 is 12.4 Å². The van der Waals surface area contributed by atoms with Crippen LogP contribution in [0.3, 0.4) is 0 Å². The lowest BCUT2D eigenvalue weighted by atomic mass is 9.93.